The zero-order chi connectivity index (χ0) is 13.2. The van der Waals surface area contributed by atoms with Crippen molar-refractivity contribution in [3.05, 3.63) is 0 Å². The Kier molecular flexibility index (Phi) is 4.44. The molecule has 1 heterocycles. The van der Waals surface area contributed by atoms with Crippen LogP contribution >= 0.6 is 0 Å². The van der Waals surface area contributed by atoms with Gasteiger partial charge in [-0.2, -0.15) is 0 Å². The summed E-state index contributed by atoms with van der Waals surface area (Å²) in [5, 5.41) is 19.0. The summed E-state index contributed by atoms with van der Waals surface area (Å²) in [5.41, 5.74) is 0. The summed E-state index contributed by atoms with van der Waals surface area (Å²) in [6.07, 6.45) is -5.73. The van der Waals surface area contributed by atoms with E-state index in [2.05, 4.69) is 0 Å². The second-order valence-corrected chi connectivity index (χ2v) is 3.87. The Morgan fingerprint density at radius 3 is 2.00 bits per heavy atom. The van der Waals surface area contributed by atoms with Crippen molar-refractivity contribution in [1.29, 1.82) is 0 Å². The van der Waals surface area contributed by atoms with Crippen LogP contribution in [0.4, 0.5) is 0 Å². The van der Waals surface area contributed by atoms with Crippen LogP contribution in [0, 0.1) is 0 Å². The molecule has 0 spiro atoms. The molecule has 0 saturated carbocycles. The standard InChI is InChI=1S/C10H16O7/c1-4-8(16-5(2)11)9(17-6(3)12)7(13)10(14)15-4/h4,7-10,13-14H,1-3H3/t4-,7-,8-,9-,10-/m0/s1. The van der Waals surface area contributed by atoms with E-state index in [1.165, 1.54) is 6.92 Å². The molecule has 1 saturated heterocycles. The molecule has 0 aliphatic carbocycles. The molecule has 2 N–H and O–H groups in total. The van der Waals surface area contributed by atoms with Gasteiger partial charge in [0.1, 0.15) is 6.10 Å². The Hall–Kier alpha value is -1.18. The predicted molar refractivity (Wildman–Crippen MR) is 53.7 cm³/mol. The molecular weight excluding hydrogens is 232 g/mol. The summed E-state index contributed by atoms with van der Waals surface area (Å²) in [5.74, 6) is -1.24. The summed E-state index contributed by atoms with van der Waals surface area (Å²) < 4.78 is 14.7. The van der Waals surface area contributed by atoms with E-state index in [0.29, 0.717) is 0 Å². The number of carbonyl (C=O) groups excluding carboxylic acids is 2. The molecule has 5 atom stereocenters. The second kappa shape index (κ2) is 5.44. The molecular formula is C10H16O7. The molecule has 17 heavy (non-hydrogen) atoms. The second-order valence-electron chi connectivity index (χ2n) is 3.87. The zero-order valence-electron chi connectivity index (χ0n) is 9.82. The van der Waals surface area contributed by atoms with E-state index in [0.717, 1.165) is 6.92 Å². The normalized spacial score (nSPS) is 37.4. The van der Waals surface area contributed by atoms with Crippen LogP contribution in [0.2, 0.25) is 0 Å². The van der Waals surface area contributed by atoms with Crippen LogP contribution in [0.1, 0.15) is 20.8 Å². The smallest absolute Gasteiger partial charge is 0.303 e. The summed E-state index contributed by atoms with van der Waals surface area (Å²) >= 11 is 0. The summed E-state index contributed by atoms with van der Waals surface area (Å²) in [4.78, 5) is 21.8. The molecule has 0 aromatic carbocycles. The molecule has 1 rings (SSSR count). The Balaban J connectivity index is 2.86. The average molecular weight is 248 g/mol. The van der Waals surface area contributed by atoms with E-state index < -0.39 is 42.6 Å². The SMILES string of the molecule is CC(=O)O[C@@H]1[C@@H](OC(C)=O)[C@H](O)[C@@H](O)O[C@H]1C. The van der Waals surface area contributed by atoms with Crippen molar-refractivity contribution in [3.63, 3.8) is 0 Å². The van der Waals surface area contributed by atoms with E-state index in [-0.39, 0.29) is 0 Å². The van der Waals surface area contributed by atoms with Gasteiger partial charge < -0.3 is 24.4 Å². The van der Waals surface area contributed by atoms with E-state index >= 15 is 0 Å². The van der Waals surface area contributed by atoms with Gasteiger partial charge in [0.15, 0.2) is 18.5 Å². The number of ether oxygens (including phenoxy) is 3. The lowest BCUT2D eigenvalue weighted by Crippen LogP contribution is -2.59. The molecule has 0 aromatic heterocycles. The maximum Gasteiger partial charge on any atom is 0.303 e. The number of carbonyl (C=O) groups is 2. The lowest BCUT2D eigenvalue weighted by atomic mass is 9.99. The molecule has 0 amide bonds. The Labute approximate surface area is 98.3 Å². The van der Waals surface area contributed by atoms with E-state index in [4.69, 9.17) is 14.2 Å². The third-order valence-corrected chi connectivity index (χ3v) is 2.37. The number of rotatable bonds is 2. The Morgan fingerprint density at radius 1 is 1.06 bits per heavy atom. The maximum atomic E-state index is 10.9. The molecule has 7 nitrogen and oxygen atoms in total. The van der Waals surface area contributed by atoms with Crippen molar-refractivity contribution in [2.24, 2.45) is 0 Å². The van der Waals surface area contributed by atoms with Crippen LogP contribution in [-0.2, 0) is 23.8 Å². The maximum absolute atomic E-state index is 10.9. The minimum Gasteiger partial charge on any atom is -0.456 e. The highest BCUT2D eigenvalue weighted by Gasteiger charge is 2.46. The summed E-state index contributed by atoms with van der Waals surface area (Å²) in [7, 11) is 0. The van der Waals surface area contributed by atoms with Crippen molar-refractivity contribution >= 4 is 11.9 Å². The highest BCUT2D eigenvalue weighted by Crippen LogP contribution is 2.24. The number of esters is 2. The van der Waals surface area contributed by atoms with Crippen LogP contribution in [-0.4, -0.2) is 52.9 Å². The lowest BCUT2D eigenvalue weighted by Gasteiger charge is -2.40. The fourth-order valence-corrected chi connectivity index (χ4v) is 1.68. The van der Waals surface area contributed by atoms with Crippen LogP contribution in [0.25, 0.3) is 0 Å². The number of aliphatic hydroxyl groups is 2. The predicted octanol–water partition coefficient (Wildman–Crippen LogP) is -1.05. The van der Waals surface area contributed by atoms with Crippen molar-refractivity contribution in [2.75, 3.05) is 0 Å². The molecule has 1 aliphatic heterocycles. The fraction of sp³-hybridized carbons (Fsp3) is 0.800. The number of aliphatic hydroxyl groups excluding tert-OH is 2. The Bertz CT molecular complexity index is 303. The molecule has 1 aliphatic rings. The first-order valence-electron chi connectivity index (χ1n) is 5.19. The van der Waals surface area contributed by atoms with Crippen molar-refractivity contribution < 1.29 is 34.0 Å². The van der Waals surface area contributed by atoms with Crippen molar-refractivity contribution in [3.8, 4) is 0 Å². The lowest BCUT2D eigenvalue weighted by molar-refractivity contribution is -0.284. The van der Waals surface area contributed by atoms with Gasteiger partial charge in [0.05, 0.1) is 6.10 Å². The molecule has 0 unspecified atom stereocenters. The van der Waals surface area contributed by atoms with Crippen LogP contribution in [0.15, 0.2) is 0 Å². The van der Waals surface area contributed by atoms with E-state index in [9.17, 15) is 19.8 Å². The van der Waals surface area contributed by atoms with Crippen molar-refractivity contribution in [2.45, 2.75) is 51.5 Å². The van der Waals surface area contributed by atoms with Crippen molar-refractivity contribution in [1.82, 2.24) is 0 Å². The highest BCUT2D eigenvalue weighted by molar-refractivity contribution is 5.67. The number of hydrogen-bond donors (Lipinski definition) is 2. The fourth-order valence-electron chi connectivity index (χ4n) is 1.68. The van der Waals surface area contributed by atoms with Gasteiger partial charge in [-0.3, -0.25) is 9.59 Å². The first-order chi connectivity index (χ1) is 7.82. The van der Waals surface area contributed by atoms with Gasteiger partial charge in [0, 0.05) is 13.8 Å². The van der Waals surface area contributed by atoms with Gasteiger partial charge in [-0.15, -0.1) is 0 Å². The largest absolute Gasteiger partial charge is 0.456 e. The summed E-state index contributed by atoms with van der Waals surface area (Å²) in [6.45, 7) is 3.89. The van der Waals surface area contributed by atoms with Gasteiger partial charge in [-0.1, -0.05) is 0 Å². The van der Waals surface area contributed by atoms with Gasteiger partial charge >= 0.3 is 11.9 Å². The van der Waals surface area contributed by atoms with E-state index in [1.54, 1.807) is 6.92 Å². The highest BCUT2D eigenvalue weighted by atomic mass is 16.7. The van der Waals surface area contributed by atoms with Gasteiger partial charge in [0.2, 0.25) is 0 Å². The monoisotopic (exact) mass is 248 g/mol. The third-order valence-electron chi connectivity index (χ3n) is 2.37. The quantitative estimate of drug-likeness (QED) is 0.601. The molecule has 1 fully saturated rings. The first kappa shape index (κ1) is 13.9. The minimum atomic E-state index is -1.49. The minimum absolute atomic E-state index is 0.591. The third kappa shape index (κ3) is 3.39. The molecule has 0 bridgehead atoms. The first-order valence-corrected chi connectivity index (χ1v) is 5.19. The van der Waals surface area contributed by atoms with Crippen LogP contribution in [0.3, 0.4) is 0 Å². The van der Waals surface area contributed by atoms with Gasteiger partial charge in [-0.25, -0.2) is 0 Å². The number of hydrogen-bond acceptors (Lipinski definition) is 7. The average Bonchev–Trinajstić information content (AvgIpc) is 2.19. The van der Waals surface area contributed by atoms with Gasteiger partial charge in [-0.05, 0) is 6.92 Å². The molecule has 0 aromatic rings. The Morgan fingerprint density at radius 2 is 1.53 bits per heavy atom. The molecule has 0 radical (unpaired) electrons. The van der Waals surface area contributed by atoms with Crippen LogP contribution < -0.4 is 0 Å². The summed E-state index contributed by atoms with van der Waals surface area (Å²) in [6, 6.07) is 0. The van der Waals surface area contributed by atoms with E-state index in [1.807, 2.05) is 0 Å². The topological polar surface area (TPSA) is 102 Å². The van der Waals surface area contributed by atoms with Gasteiger partial charge in [0.25, 0.3) is 0 Å². The molecule has 7 heteroatoms. The van der Waals surface area contributed by atoms with Crippen LogP contribution in [0.5, 0.6) is 0 Å². The molecule has 98 valence electrons. The zero-order valence-corrected chi connectivity index (χ0v) is 9.82.